The van der Waals surface area contributed by atoms with Gasteiger partial charge < -0.3 is 0 Å². The highest BCUT2D eigenvalue weighted by molar-refractivity contribution is 5.85. The second kappa shape index (κ2) is 4.80. The fraction of sp³-hybridized carbons (Fsp3) is 0.417. The van der Waals surface area contributed by atoms with Crippen molar-refractivity contribution in [3.63, 3.8) is 0 Å². The molecule has 1 nitrogen and oxygen atoms in total. The van der Waals surface area contributed by atoms with Gasteiger partial charge in [-0.25, -0.2) is 0 Å². The molecule has 0 saturated carbocycles. The first-order valence-corrected chi connectivity index (χ1v) is 4.78. The summed E-state index contributed by atoms with van der Waals surface area (Å²) >= 11 is 0. The lowest BCUT2D eigenvalue weighted by molar-refractivity contribution is 1.14. The highest BCUT2D eigenvalue weighted by atomic mass is 14.7. The molecule has 0 aliphatic heterocycles. The average Bonchev–Trinajstić information content (AvgIpc) is 2.28. The van der Waals surface area contributed by atoms with Crippen molar-refractivity contribution < 1.29 is 0 Å². The summed E-state index contributed by atoms with van der Waals surface area (Å²) < 4.78 is 0. The monoisotopic (exact) mass is 175 g/mol. The van der Waals surface area contributed by atoms with Crippen LogP contribution in [0.5, 0.6) is 0 Å². The summed E-state index contributed by atoms with van der Waals surface area (Å²) in [5.74, 6) is 0. The summed E-state index contributed by atoms with van der Waals surface area (Å²) in [5.41, 5.74) is 3.96. The molecule has 1 aliphatic rings. The van der Waals surface area contributed by atoms with Gasteiger partial charge in [0, 0.05) is 12.8 Å². The van der Waals surface area contributed by atoms with E-state index in [1.807, 2.05) is 13.1 Å². The quantitative estimate of drug-likeness (QED) is 0.571. The fourth-order valence-electron chi connectivity index (χ4n) is 1.20. The fourth-order valence-corrected chi connectivity index (χ4v) is 1.20. The van der Waals surface area contributed by atoms with Crippen LogP contribution in [0.25, 0.3) is 0 Å². The van der Waals surface area contributed by atoms with Crippen LogP contribution in [-0.4, -0.2) is 12.8 Å². The first kappa shape index (κ1) is 9.97. The largest absolute Gasteiger partial charge is 0.293 e. The predicted octanol–water partition coefficient (Wildman–Crippen LogP) is 3.30. The Kier molecular flexibility index (Phi) is 3.69. The van der Waals surface area contributed by atoms with Gasteiger partial charge in [-0.15, -0.1) is 0 Å². The highest BCUT2D eigenvalue weighted by Gasteiger charge is 1.99. The van der Waals surface area contributed by atoms with Gasteiger partial charge in [0.1, 0.15) is 0 Å². The van der Waals surface area contributed by atoms with Gasteiger partial charge in [0.25, 0.3) is 0 Å². The molecule has 1 rings (SSSR count). The van der Waals surface area contributed by atoms with E-state index in [2.05, 4.69) is 37.1 Å². The van der Waals surface area contributed by atoms with E-state index in [1.165, 1.54) is 16.7 Å². The number of rotatable bonds is 2. The van der Waals surface area contributed by atoms with Gasteiger partial charge in [-0.3, -0.25) is 4.99 Å². The first-order valence-electron chi connectivity index (χ1n) is 4.78. The number of aliphatic imine (C=N–C) groups is 1. The third kappa shape index (κ3) is 3.02. The molecule has 0 bridgehead atoms. The van der Waals surface area contributed by atoms with Gasteiger partial charge in [0.15, 0.2) is 0 Å². The molecule has 0 spiro atoms. The molecule has 0 unspecified atom stereocenters. The van der Waals surface area contributed by atoms with Gasteiger partial charge in [-0.1, -0.05) is 23.8 Å². The maximum Gasteiger partial charge on any atom is 0.0361 e. The Hall–Kier alpha value is -1.11. The second-order valence-corrected chi connectivity index (χ2v) is 3.35. The Morgan fingerprint density at radius 3 is 2.85 bits per heavy atom. The minimum Gasteiger partial charge on any atom is -0.293 e. The van der Waals surface area contributed by atoms with E-state index >= 15 is 0 Å². The average molecular weight is 175 g/mol. The third-order valence-corrected chi connectivity index (χ3v) is 2.15. The smallest absolute Gasteiger partial charge is 0.0361 e. The number of hydrogen-bond donors (Lipinski definition) is 0. The second-order valence-electron chi connectivity index (χ2n) is 3.35. The molecule has 0 radical (unpaired) electrons. The van der Waals surface area contributed by atoms with Gasteiger partial charge in [0.2, 0.25) is 0 Å². The van der Waals surface area contributed by atoms with E-state index in [0.29, 0.717) is 0 Å². The van der Waals surface area contributed by atoms with E-state index in [4.69, 9.17) is 0 Å². The summed E-state index contributed by atoms with van der Waals surface area (Å²) in [4.78, 5) is 4.25. The zero-order valence-electron chi connectivity index (χ0n) is 8.67. The molecule has 70 valence electrons. The molecule has 0 aromatic heterocycles. The van der Waals surface area contributed by atoms with Crippen molar-refractivity contribution in [1.82, 2.24) is 0 Å². The molecule has 0 fully saturated rings. The lowest BCUT2D eigenvalue weighted by Crippen LogP contribution is -1.87. The minimum atomic E-state index is 0.854. The maximum atomic E-state index is 4.25. The molecular formula is C12H17N. The van der Waals surface area contributed by atoms with E-state index in [9.17, 15) is 0 Å². The van der Waals surface area contributed by atoms with E-state index in [0.717, 1.165) is 13.0 Å². The van der Waals surface area contributed by atoms with Crippen LogP contribution in [0.1, 0.15) is 27.2 Å². The molecule has 13 heavy (non-hydrogen) atoms. The molecule has 0 heterocycles. The summed E-state index contributed by atoms with van der Waals surface area (Å²) in [6.45, 7) is 7.20. The maximum absolute atomic E-state index is 4.25. The normalized spacial score (nSPS) is 17.9. The first-order chi connectivity index (χ1) is 6.24. The minimum absolute atomic E-state index is 0.854. The number of hydrogen-bond acceptors (Lipinski definition) is 1. The predicted molar refractivity (Wildman–Crippen MR) is 59.2 cm³/mol. The van der Waals surface area contributed by atoms with Crippen LogP contribution in [0, 0.1) is 0 Å². The van der Waals surface area contributed by atoms with Crippen LogP contribution in [-0.2, 0) is 0 Å². The lowest BCUT2D eigenvalue weighted by atomic mass is 10.1. The lowest BCUT2D eigenvalue weighted by Gasteiger charge is -1.98. The summed E-state index contributed by atoms with van der Waals surface area (Å²) in [6.07, 6.45) is 9.59. The number of nitrogens with zero attached hydrogens (tertiary/aromatic N) is 1. The molecule has 1 heteroatoms. The Balaban J connectivity index is 2.86. The van der Waals surface area contributed by atoms with E-state index in [1.54, 1.807) is 0 Å². The molecule has 0 amide bonds. The van der Waals surface area contributed by atoms with E-state index < -0.39 is 0 Å². The van der Waals surface area contributed by atoms with Crippen molar-refractivity contribution in [3.05, 3.63) is 34.9 Å². The van der Waals surface area contributed by atoms with Crippen LogP contribution >= 0.6 is 0 Å². The van der Waals surface area contributed by atoms with Gasteiger partial charge >= 0.3 is 0 Å². The van der Waals surface area contributed by atoms with Crippen LogP contribution in [0.3, 0.4) is 0 Å². The Morgan fingerprint density at radius 2 is 2.15 bits per heavy atom. The van der Waals surface area contributed by atoms with E-state index in [-0.39, 0.29) is 0 Å². The Labute approximate surface area is 80.6 Å². The highest BCUT2D eigenvalue weighted by Crippen LogP contribution is 2.15. The van der Waals surface area contributed by atoms with Crippen LogP contribution in [0.2, 0.25) is 0 Å². The molecule has 0 aromatic rings. The van der Waals surface area contributed by atoms with Crippen LogP contribution < -0.4 is 0 Å². The number of allylic oxidation sites excluding steroid dienone is 6. The van der Waals surface area contributed by atoms with Crippen molar-refractivity contribution in [2.24, 2.45) is 4.99 Å². The topological polar surface area (TPSA) is 12.4 Å². The van der Waals surface area contributed by atoms with Gasteiger partial charge in [-0.2, -0.15) is 0 Å². The Morgan fingerprint density at radius 1 is 1.38 bits per heavy atom. The van der Waals surface area contributed by atoms with Crippen molar-refractivity contribution in [3.8, 4) is 0 Å². The van der Waals surface area contributed by atoms with Crippen LogP contribution in [0.4, 0.5) is 0 Å². The molecule has 0 N–H and O–H groups in total. The third-order valence-electron chi connectivity index (χ3n) is 2.15. The van der Waals surface area contributed by atoms with Crippen molar-refractivity contribution in [2.45, 2.75) is 27.2 Å². The van der Waals surface area contributed by atoms with Crippen LogP contribution in [0.15, 0.2) is 39.9 Å². The summed E-state index contributed by atoms with van der Waals surface area (Å²) in [5, 5.41) is 0. The summed E-state index contributed by atoms with van der Waals surface area (Å²) in [7, 11) is 0. The Bertz CT molecular complexity index is 290. The van der Waals surface area contributed by atoms with Crippen molar-refractivity contribution >= 4 is 6.21 Å². The summed E-state index contributed by atoms with van der Waals surface area (Å²) in [6, 6.07) is 0. The molecule has 1 aliphatic carbocycles. The SMILES string of the molecule is CCN=CC1=CC=C(C)CC=C1C. The zero-order valence-corrected chi connectivity index (χ0v) is 8.67. The zero-order chi connectivity index (χ0) is 9.68. The molecule has 0 atom stereocenters. The molecule has 0 aromatic carbocycles. The molecule has 0 saturated heterocycles. The van der Waals surface area contributed by atoms with Gasteiger partial charge in [-0.05, 0) is 38.3 Å². The van der Waals surface area contributed by atoms with Crippen molar-refractivity contribution in [1.29, 1.82) is 0 Å². The van der Waals surface area contributed by atoms with Crippen molar-refractivity contribution in [2.75, 3.05) is 6.54 Å². The standard InChI is InChI=1S/C12H17N/c1-4-13-9-12-8-6-10(2)5-7-11(12)3/h6-9H,4-5H2,1-3H3. The molecular weight excluding hydrogens is 158 g/mol. The van der Waals surface area contributed by atoms with Gasteiger partial charge in [0.05, 0.1) is 0 Å².